The summed E-state index contributed by atoms with van der Waals surface area (Å²) < 4.78 is 0. The molecule has 0 saturated carbocycles. The predicted octanol–water partition coefficient (Wildman–Crippen LogP) is 3.95. The number of hydrogen-bond donors (Lipinski definition) is 2. The first-order valence-corrected chi connectivity index (χ1v) is 8.60. The van der Waals surface area contributed by atoms with Crippen LogP contribution in [0.2, 0.25) is 5.02 Å². The highest BCUT2D eigenvalue weighted by molar-refractivity contribution is 6.33. The Morgan fingerprint density at radius 3 is 2.36 bits per heavy atom. The SMILES string of the molecule is Cc1ccc(C)c(C(C)NC(=O)C(C)NC(=O)c2ccccc2Cl)c1. The molecule has 0 saturated heterocycles. The summed E-state index contributed by atoms with van der Waals surface area (Å²) in [5, 5.41) is 5.99. The topological polar surface area (TPSA) is 58.2 Å². The van der Waals surface area contributed by atoms with Crippen LogP contribution in [0.1, 0.15) is 46.9 Å². The van der Waals surface area contributed by atoms with Crippen molar-refractivity contribution in [3.63, 3.8) is 0 Å². The Kier molecular flexibility index (Phi) is 6.21. The normalized spacial score (nSPS) is 13.0. The van der Waals surface area contributed by atoms with E-state index in [9.17, 15) is 9.59 Å². The van der Waals surface area contributed by atoms with Gasteiger partial charge in [-0.15, -0.1) is 0 Å². The van der Waals surface area contributed by atoms with Crippen molar-refractivity contribution in [3.8, 4) is 0 Å². The van der Waals surface area contributed by atoms with Gasteiger partial charge in [-0.3, -0.25) is 9.59 Å². The number of carbonyl (C=O) groups is 2. The van der Waals surface area contributed by atoms with Crippen LogP contribution in [0.15, 0.2) is 42.5 Å². The highest BCUT2D eigenvalue weighted by atomic mass is 35.5. The van der Waals surface area contributed by atoms with Crippen LogP contribution < -0.4 is 10.6 Å². The minimum absolute atomic E-state index is 0.146. The number of carbonyl (C=O) groups excluding carboxylic acids is 2. The molecular weight excluding hydrogens is 336 g/mol. The highest BCUT2D eigenvalue weighted by Gasteiger charge is 2.20. The molecule has 0 aromatic heterocycles. The van der Waals surface area contributed by atoms with Crippen molar-refractivity contribution >= 4 is 23.4 Å². The lowest BCUT2D eigenvalue weighted by atomic mass is 10.00. The first-order valence-electron chi connectivity index (χ1n) is 8.22. The maximum Gasteiger partial charge on any atom is 0.253 e. The third-order valence-electron chi connectivity index (χ3n) is 4.12. The predicted molar refractivity (Wildman–Crippen MR) is 101 cm³/mol. The Labute approximate surface area is 153 Å². The zero-order valence-electron chi connectivity index (χ0n) is 14.9. The summed E-state index contributed by atoms with van der Waals surface area (Å²) in [7, 11) is 0. The molecule has 25 heavy (non-hydrogen) atoms. The van der Waals surface area contributed by atoms with Gasteiger partial charge in [0.2, 0.25) is 5.91 Å². The average Bonchev–Trinajstić information content (AvgIpc) is 2.57. The van der Waals surface area contributed by atoms with Crippen molar-refractivity contribution in [2.24, 2.45) is 0 Å². The van der Waals surface area contributed by atoms with Crippen molar-refractivity contribution in [1.29, 1.82) is 0 Å². The van der Waals surface area contributed by atoms with E-state index in [1.54, 1.807) is 31.2 Å². The molecule has 0 aliphatic carbocycles. The number of nitrogens with one attached hydrogen (secondary N) is 2. The molecule has 2 rings (SSSR count). The molecule has 2 aromatic rings. The van der Waals surface area contributed by atoms with E-state index < -0.39 is 6.04 Å². The molecule has 0 radical (unpaired) electrons. The van der Waals surface area contributed by atoms with Crippen LogP contribution in [0, 0.1) is 13.8 Å². The van der Waals surface area contributed by atoms with Gasteiger partial charge >= 0.3 is 0 Å². The van der Waals surface area contributed by atoms with Gasteiger partial charge in [-0.2, -0.15) is 0 Å². The monoisotopic (exact) mass is 358 g/mol. The molecule has 0 spiro atoms. The Morgan fingerprint density at radius 1 is 1.00 bits per heavy atom. The fourth-order valence-electron chi connectivity index (χ4n) is 2.63. The molecule has 132 valence electrons. The number of halogens is 1. The van der Waals surface area contributed by atoms with Crippen molar-refractivity contribution in [2.45, 2.75) is 39.8 Å². The van der Waals surface area contributed by atoms with Crippen molar-refractivity contribution in [3.05, 3.63) is 69.7 Å². The van der Waals surface area contributed by atoms with Crippen molar-refractivity contribution < 1.29 is 9.59 Å². The lowest BCUT2D eigenvalue weighted by Gasteiger charge is -2.20. The second-order valence-corrected chi connectivity index (χ2v) is 6.67. The summed E-state index contributed by atoms with van der Waals surface area (Å²) in [6.07, 6.45) is 0. The third kappa shape index (κ3) is 4.83. The molecule has 2 amide bonds. The lowest BCUT2D eigenvalue weighted by molar-refractivity contribution is -0.123. The fraction of sp³-hybridized carbons (Fsp3) is 0.300. The molecule has 0 fully saturated rings. The van der Waals surface area contributed by atoms with E-state index in [1.807, 2.05) is 32.9 Å². The summed E-state index contributed by atoms with van der Waals surface area (Å²) in [4.78, 5) is 24.7. The summed E-state index contributed by atoms with van der Waals surface area (Å²) in [6, 6.07) is 12.1. The van der Waals surface area contributed by atoms with Gasteiger partial charge in [-0.05, 0) is 51.0 Å². The van der Waals surface area contributed by atoms with E-state index >= 15 is 0 Å². The molecule has 2 unspecified atom stereocenters. The smallest absolute Gasteiger partial charge is 0.253 e. The van der Waals surface area contributed by atoms with Gasteiger partial charge in [0, 0.05) is 0 Å². The van der Waals surface area contributed by atoms with Crippen LogP contribution in [-0.4, -0.2) is 17.9 Å². The zero-order chi connectivity index (χ0) is 18.6. The molecule has 0 aliphatic heterocycles. The van der Waals surface area contributed by atoms with Crippen molar-refractivity contribution in [2.75, 3.05) is 0 Å². The molecular formula is C20H23ClN2O2. The summed E-state index contributed by atoms with van der Waals surface area (Å²) in [6.45, 7) is 7.62. The van der Waals surface area contributed by atoms with Crippen LogP contribution in [-0.2, 0) is 4.79 Å². The number of hydrogen-bond acceptors (Lipinski definition) is 2. The maximum absolute atomic E-state index is 12.4. The van der Waals surface area contributed by atoms with Gasteiger partial charge in [0.05, 0.1) is 16.6 Å². The molecule has 2 atom stereocenters. The quantitative estimate of drug-likeness (QED) is 0.850. The molecule has 0 bridgehead atoms. The second-order valence-electron chi connectivity index (χ2n) is 6.27. The van der Waals surface area contributed by atoms with Gasteiger partial charge in [-0.1, -0.05) is 47.5 Å². The van der Waals surface area contributed by atoms with Gasteiger partial charge in [0.15, 0.2) is 0 Å². The van der Waals surface area contributed by atoms with E-state index in [-0.39, 0.29) is 17.9 Å². The fourth-order valence-corrected chi connectivity index (χ4v) is 2.85. The Bertz CT molecular complexity index is 789. The molecule has 5 heteroatoms. The van der Waals surface area contributed by atoms with Crippen molar-refractivity contribution in [1.82, 2.24) is 10.6 Å². The van der Waals surface area contributed by atoms with E-state index in [1.165, 1.54) is 0 Å². The average molecular weight is 359 g/mol. The van der Waals surface area contributed by atoms with E-state index in [0.29, 0.717) is 10.6 Å². The Morgan fingerprint density at radius 2 is 1.68 bits per heavy atom. The third-order valence-corrected chi connectivity index (χ3v) is 4.45. The van der Waals surface area contributed by atoms with Crippen LogP contribution in [0.3, 0.4) is 0 Å². The second kappa shape index (κ2) is 8.17. The van der Waals surface area contributed by atoms with Crippen LogP contribution in [0.4, 0.5) is 0 Å². The Hall–Kier alpha value is -2.33. The van der Waals surface area contributed by atoms with Gasteiger partial charge in [0.1, 0.15) is 6.04 Å². The standard InChI is InChI=1S/C20H23ClN2O2/c1-12-9-10-13(2)17(11-12)14(3)22-19(24)15(4)23-20(25)16-7-5-6-8-18(16)21/h5-11,14-15H,1-4H3,(H,22,24)(H,23,25). The van der Waals surface area contributed by atoms with E-state index in [2.05, 4.69) is 16.7 Å². The number of benzene rings is 2. The first-order chi connectivity index (χ1) is 11.8. The van der Waals surface area contributed by atoms with Gasteiger partial charge in [0.25, 0.3) is 5.91 Å². The number of rotatable bonds is 5. The van der Waals surface area contributed by atoms with E-state index in [0.717, 1.165) is 16.7 Å². The molecule has 0 aliphatic rings. The Balaban J connectivity index is 2.01. The summed E-state index contributed by atoms with van der Waals surface area (Å²) in [5.74, 6) is -0.610. The minimum Gasteiger partial charge on any atom is -0.348 e. The first kappa shape index (κ1) is 19.0. The highest BCUT2D eigenvalue weighted by Crippen LogP contribution is 2.19. The van der Waals surface area contributed by atoms with Crippen LogP contribution in [0.5, 0.6) is 0 Å². The molecule has 4 nitrogen and oxygen atoms in total. The van der Waals surface area contributed by atoms with Crippen LogP contribution in [0.25, 0.3) is 0 Å². The molecule has 2 aromatic carbocycles. The molecule has 2 N–H and O–H groups in total. The lowest BCUT2D eigenvalue weighted by Crippen LogP contribution is -2.45. The van der Waals surface area contributed by atoms with Gasteiger partial charge < -0.3 is 10.6 Å². The molecule has 0 heterocycles. The number of aryl methyl sites for hydroxylation is 2. The van der Waals surface area contributed by atoms with E-state index in [4.69, 9.17) is 11.6 Å². The summed E-state index contributed by atoms with van der Waals surface area (Å²) in [5.41, 5.74) is 3.68. The van der Waals surface area contributed by atoms with Gasteiger partial charge in [-0.25, -0.2) is 0 Å². The maximum atomic E-state index is 12.4. The minimum atomic E-state index is -0.670. The number of amides is 2. The largest absolute Gasteiger partial charge is 0.348 e. The zero-order valence-corrected chi connectivity index (χ0v) is 15.6. The van der Waals surface area contributed by atoms with Crippen LogP contribution >= 0.6 is 11.6 Å². The summed E-state index contributed by atoms with van der Waals surface area (Å²) >= 11 is 6.02.